The lowest BCUT2D eigenvalue weighted by Gasteiger charge is -2.03. The Morgan fingerprint density at radius 3 is 2.80 bits per heavy atom. The smallest absolute Gasteiger partial charge is 0.158 e. The van der Waals surface area contributed by atoms with Gasteiger partial charge in [0.1, 0.15) is 0 Å². The summed E-state index contributed by atoms with van der Waals surface area (Å²) < 4.78 is 10.3. The molecular weight excluding hydrogens is 196 g/mol. The van der Waals surface area contributed by atoms with Crippen molar-refractivity contribution in [1.29, 1.82) is 0 Å². The van der Waals surface area contributed by atoms with Gasteiger partial charge in [0, 0.05) is 20.3 Å². The van der Waals surface area contributed by atoms with Crippen molar-refractivity contribution in [2.24, 2.45) is 5.84 Å². The summed E-state index contributed by atoms with van der Waals surface area (Å²) in [4.78, 5) is 8.12. The van der Waals surface area contributed by atoms with E-state index in [-0.39, 0.29) is 0 Å². The van der Waals surface area contributed by atoms with Crippen molar-refractivity contribution in [3.05, 3.63) is 18.1 Å². The molecule has 1 aromatic rings. The molecule has 0 saturated heterocycles. The number of nitrogens with two attached hydrogens (primary N) is 1. The van der Waals surface area contributed by atoms with Crippen LogP contribution in [0.2, 0.25) is 0 Å². The van der Waals surface area contributed by atoms with Gasteiger partial charge in [0.15, 0.2) is 5.82 Å². The average molecular weight is 212 g/mol. The lowest BCUT2D eigenvalue weighted by atomic mass is 10.4. The summed E-state index contributed by atoms with van der Waals surface area (Å²) in [6.07, 6.45) is 4.08. The van der Waals surface area contributed by atoms with Gasteiger partial charge in [-0.25, -0.2) is 10.8 Å². The van der Waals surface area contributed by atoms with Crippen molar-refractivity contribution in [3.8, 4) is 0 Å². The Morgan fingerprint density at radius 1 is 1.33 bits per heavy atom. The molecule has 3 N–H and O–H groups in total. The highest BCUT2D eigenvalue weighted by molar-refractivity contribution is 5.28. The third kappa shape index (κ3) is 4.68. The quantitative estimate of drug-likeness (QED) is 0.384. The van der Waals surface area contributed by atoms with Crippen molar-refractivity contribution < 1.29 is 9.47 Å². The van der Waals surface area contributed by atoms with E-state index in [1.807, 2.05) is 0 Å². The third-order valence-corrected chi connectivity index (χ3v) is 1.74. The monoisotopic (exact) mass is 212 g/mol. The van der Waals surface area contributed by atoms with Gasteiger partial charge in [-0.05, 0) is 6.42 Å². The molecular formula is C9H16N4O2. The molecule has 0 atom stereocenters. The van der Waals surface area contributed by atoms with Crippen molar-refractivity contribution in [1.82, 2.24) is 9.97 Å². The first-order valence-electron chi connectivity index (χ1n) is 4.71. The molecule has 0 saturated carbocycles. The Balaban J connectivity index is 2.20. The Morgan fingerprint density at radius 2 is 2.20 bits per heavy atom. The van der Waals surface area contributed by atoms with Crippen LogP contribution in [-0.4, -0.2) is 30.3 Å². The number of aromatic nitrogens is 2. The summed E-state index contributed by atoms with van der Waals surface area (Å²) in [6.45, 7) is 1.83. The van der Waals surface area contributed by atoms with Crippen LogP contribution in [-0.2, 0) is 16.1 Å². The normalized spacial score (nSPS) is 10.3. The Hall–Kier alpha value is -1.24. The maximum Gasteiger partial charge on any atom is 0.158 e. The van der Waals surface area contributed by atoms with Crippen LogP contribution >= 0.6 is 0 Å². The van der Waals surface area contributed by atoms with Gasteiger partial charge in [-0.1, -0.05) is 0 Å². The molecule has 1 heterocycles. The molecule has 1 rings (SSSR count). The fourth-order valence-corrected chi connectivity index (χ4v) is 0.986. The molecule has 6 nitrogen and oxygen atoms in total. The Labute approximate surface area is 88.8 Å². The van der Waals surface area contributed by atoms with E-state index in [2.05, 4.69) is 15.4 Å². The van der Waals surface area contributed by atoms with E-state index in [4.69, 9.17) is 15.3 Å². The van der Waals surface area contributed by atoms with Crippen LogP contribution in [0, 0.1) is 0 Å². The standard InChI is InChI=1S/C9H16N4O2/c1-14-3-2-4-15-7-8-5-12-9(13-10)6-11-8/h5-6H,2-4,7,10H2,1H3,(H,12,13). The van der Waals surface area contributed by atoms with Gasteiger partial charge in [-0.3, -0.25) is 4.98 Å². The molecule has 0 amide bonds. The maximum absolute atomic E-state index is 5.36. The number of rotatable bonds is 7. The largest absolute Gasteiger partial charge is 0.385 e. The minimum Gasteiger partial charge on any atom is -0.385 e. The molecule has 0 aliphatic heterocycles. The number of hydrogen-bond acceptors (Lipinski definition) is 6. The molecule has 1 aromatic heterocycles. The van der Waals surface area contributed by atoms with Crippen LogP contribution in [0.25, 0.3) is 0 Å². The summed E-state index contributed by atoms with van der Waals surface area (Å²) in [6, 6.07) is 0. The van der Waals surface area contributed by atoms with E-state index < -0.39 is 0 Å². The number of nitrogens with zero attached hydrogens (tertiary/aromatic N) is 2. The van der Waals surface area contributed by atoms with Crippen molar-refractivity contribution >= 4 is 5.82 Å². The van der Waals surface area contributed by atoms with Crippen LogP contribution in [0.5, 0.6) is 0 Å². The third-order valence-electron chi connectivity index (χ3n) is 1.74. The second-order valence-electron chi connectivity index (χ2n) is 2.94. The number of nitrogen functional groups attached to an aromatic ring is 1. The van der Waals surface area contributed by atoms with Crippen LogP contribution in [0.15, 0.2) is 12.4 Å². The molecule has 0 bridgehead atoms. The number of anilines is 1. The van der Waals surface area contributed by atoms with Gasteiger partial charge >= 0.3 is 0 Å². The molecule has 0 aliphatic carbocycles. The molecule has 0 spiro atoms. The molecule has 0 aliphatic rings. The van der Waals surface area contributed by atoms with E-state index in [1.165, 1.54) is 0 Å². The molecule has 84 valence electrons. The summed E-state index contributed by atoms with van der Waals surface area (Å²) in [5.74, 6) is 5.70. The summed E-state index contributed by atoms with van der Waals surface area (Å²) in [5, 5.41) is 0. The second-order valence-corrected chi connectivity index (χ2v) is 2.94. The molecule has 0 aromatic carbocycles. The van der Waals surface area contributed by atoms with Crippen LogP contribution < -0.4 is 11.3 Å². The predicted molar refractivity (Wildman–Crippen MR) is 56.0 cm³/mol. The fraction of sp³-hybridized carbons (Fsp3) is 0.556. The number of hydrogen-bond donors (Lipinski definition) is 2. The predicted octanol–water partition coefficient (Wildman–Crippen LogP) is 0.315. The second kappa shape index (κ2) is 7.10. The molecule has 0 unspecified atom stereocenters. The highest BCUT2D eigenvalue weighted by Gasteiger charge is 1.96. The van der Waals surface area contributed by atoms with Gasteiger partial charge < -0.3 is 14.9 Å². The molecule has 0 fully saturated rings. The van der Waals surface area contributed by atoms with Gasteiger partial charge in [0.05, 0.1) is 24.7 Å². The number of nitrogens with one attached hydrogen (secondary N) is 1. The van der Waals surface area contributed by atoms with Crippen LogP contribution in [0.3, 0.4) is 0 Å². The first-order chi connectivity index (χ1) is 7.36. The Bertz CT molecular complexity index is 265. The minimum absolute atomic E-state index is 0.460. The minimum atomic E-state index is 0.460. The van der Waals surface area contributed by atoms with Gasteiger partial charge in [-0.15, -0.1) is 0 Å². The number of methoxy groups -OCH3 is 1. The van der Waals surface area contributed by atoms with Crippen molar-refractivity contribution in [3.63, 3.8) is 0 Å². The van der Waals surface area contributed by atoms with Crippen LogP contribution in [0.4, 0.5) is 5.82 Å². The van der Waals surface area contributed by atoms with Crippen LogP contribution in [0.1, 0.15) is 12.1 Å². The van der Waals surface area contributed by atoms with E-state index in [1.54, 1.807) is 19.5 Å². The fourth-order valence-electron chi connectivity index (χ4n) is 0.986. The number of hydrazine groups is 1. The van der Waals surface area contributed by atoms with Crippen molar-refractivity contribution in [2.75, 3.05) is 25.7 Å². The number of ether oxygens (including phenoxy) is 2. The van der Waals surface area contributed by atoms with Gasteiger partial charge in [0.25, 0.3) is 0 Å². The summed E-state index contributed by atoms with van der Waals surface area (Å²) in [5.41, 5.74) is 3.19. The lowest BCUT2D eigenvalue weighted by Crippen LogP contribution is -2.09. The highest BCUT2D eigenvalue weighted by atomic mass is 16.5. The summed E-state index contributed by atoms with van der Waals surface area (Å²) in [7, 11) is 1.67. The van der Waals surface area contributed by atoms with E-state index in [9.17, 15) is 0 Å². The average Bonchev–Trinajstić information content (AvgIpc) is 2.30. The zero-order chi connectivity index (χ0) is 10.9. The van der Waals surface area contributed by atoms with Crippen molar-refractivity contribution in [2.45, 2.75) is 13.0 Å². The van der Waals surface area contributed by atoms with Gasteiger partial charge in [-0.2, -0.15) is 0 Å². The zero-order valence-electron chi connectivity index (χ0n) is 8.77. The van der Waals surface area contributed by atoms with E-state index in [0.29, 0.717) is 25.6 Å². The summed E-state index contributed by atoms with van der Waals surface area (Å²) >= 11 is 0. The van der Waals surface area contributed by atoms with E-state index in [0.717, 1.165) is 12.1 Å². The topological polar surface area (TPSA) is 82.3 Å². The first kappa shape index (κ1) is 11.8. The highest BCUT2D eigenvalue weighted by Crippen LogP contribution is 2.00. The Kier molecular flexibility index (Phi) is 5.60. The lowest BCUT2D eigenvalue weighted by molar-refractivity contribution is 0.0909. The maximum atomic E-state index is 5.36. The molecule has 6 heteroatoms. The van der Waals surface area contributed by atoms with Gasteiger partial charge in [0.2, 0.25) is 0 Å². The van der Waals surface area contributed by atoms with E-state index >= 15 is 0 Å². The first-order valence-corrected chi connectivity index (χ1v) is 4.71. The SMILES string of the molecule is COCCCOCc1cnc(NN)cn1. The zero-order valence-corrected chi connectivity index (χ0v) is 8.77. The molecule has 0 radical (unpaired) electrons. The molecule has 15 heavy (non-hydrogen) atoms.